The Hall–Kier alpha value is -2.94. The zero-order valence-corrected chi connectivity index (χ0v) is 17.7. The Morgan fingerprint density at radius 2 is 1.72 bits per heavy atom. The summed E-state index contributed by atoms with van der Waals surface area (Å²) in [5.41, 5.74) is 7.33. The van der Waals surface area contributed by atoms with Gasteiger partial charge in [-0.05, 0) is 47.4 Å². The normalized spacial score (nSPS) is 19.7. The zero-order valence-electron chi connectivity index (χ0n) is 17.7. The predicted octanol–water partition coefficient (Wildman–Crippen LogP) is 5.85. The zero-order chi connectivity index (χ0) is 20.9. The Kier molecular flexibility index (Phi) is 6.48. The highest BCUT2D eigenvalue weighted by atomic mass is 16.2. The maximum absolute atomic E-state index is 12.4. The summed E-state index contributed by atoms with van der Waals surface area (Å²) >= 11 is 0. The van der Waals surface area contributed by atoms with E-state index in [4.69, 9.17) is 0 Å². The Morgan fingerprint density at radius 3 is 2.38 bits per heavy atom. The van der Waals surface area contributed by atoms with E-state index in [1.54, 1.807) is 0 Å². The van der Waals surface area contributed by atoms with Crippen LogP contribution in [0.1, 0.15) is 56.7 Å². The number of hydrazone groups is 1. The fourth-order valence-corrected chi connectivity index (χ4v) is 3.27. The third kappa shape index (κ3) is 6.02. The minimum absolute atomic E-state index is 0.00229. The van der Waals surface area contributed by atoms with E-state index in [1.807, 2.05) is 61.6 Å². The van der Waals surface area contributed by atoms with Crippen LogP contribution in [0.5, 0.6) is 0 Å². The number of amides is 1. The van der Waals surface area contributed by atoms with Gasteiger partial charge >= 0.3 is 0 Å². The van der Waals surface area contributed by atoms with E-state index in [9.17, 15) is 4.79 Å². The molecule has 0 aromatic heterocycles. The molecule has 0 bridgehead atoms. The van der Waals surface area contributed by atoms with Crippen molar-refractivity contribution in [2.75, 3.05) is 0 Å². The van der Waals surface area contributed by atoms with Gasteiger partial charge in [0.1, 0.15) is 0 Å². The molecule has 0 aliphatic heterocycles. The van der Waals surface area contributed by atoms with Crippen LogP contribution in [0.25, 0.3) is 6.08 Å². The molecule has 0 radical (unpaired) electrons. The van der Waals surface area contributed by atoms with Gasteiger partial charge in [-0.2, -0.15) is 5.10 Å². The van der Waals surface area contributed by atoms with Crippen LogP contribution in [-0.2, 0) is 10.2 Å². The lowest BCUT2D eigenvalue weighted by molar-refractivity contribution is -0.122. The second-order valence-electron chi connectivity index (χ2n) is 8.68. The number of benzene rings is 2. The molecule has 2 aromatic rings. The molecule has 1 N–H and O–H groups in total. The van der Waals surface area contributed by atoms with Crippen LogP contribution in [-0.4, -0.2) is 11.6 Å². The second-order valence-corrected chi connectivity index (χ2v) is 8.68. The SMILES string of the molecule is CC(C=CC=Cc1ccccc1)=NNC(=O)C1CC1c1ccc(C(C)(C)C)cc1. The van der Waals surface area contributed by atoms with E-state index in [0.717, 1.165) is 17.7 Å². The van der Waals surface area contributed by atoms with Crippen LogP contribution in [0.3, 0.4) is 0 Å². The largest absolute Gasteiger partial charge is 0.273 e. The number of rotatable bonds is 6. The van der Waals surface area contributed by atoms with Gasteiger partial charge in [-0.25, -0.2) is 5.43 Å². The third-order valence-electron chi connectivity index (χ3n) is 5.21. The molecule has 3 heteroatoms. The van der Waals surface area contributed by atoms with Crippen molar-refractivity contribution in [2.24, 2.45) is 11.0 Å². The van der Waals surface area contributed by atoms with E-state index < -0.39 is 0 Å². The molecule has 3 nitrogen and oxygen atoms in total. The average Bonchev–Trinajstić information content (AvgIpc) is 3.51. The summed E-state index contributed by atoms with van der Waals surface area (Å²) in [5.74, 6) is 0.334. The van der Waals surface area contributed by atoms with E-state index in [0.29, 0.717) is 5.92 Å². The van der Waals surface area contributed by atoms with Crippen molar-refractivity contribution in [2.45, 2.75) is 45.4 Å². The van der Waals surface area contributed by atoms with Gasteiger partial charge in [0.05, 0.1) is 5.71 Å². The molecule has 3 rings (SSSR count). The summed E-state index contributed by atoms with van der Waals surface area (Å²) in [6, 6.07) is 18.8. The van der Waals surface area contributed by atoms with Crippen LogP contribution in [0.2, 0.25) is 0 Å². The molecule has 0 saturated heterocycles. The van der Waals surface area contributed by atoms with Crippen molar-refractivity contribution in [1.29, 1.82) is 0 Å². The summed E-state index contributed by atoms with van der Waals surface area (Å²) in [7, 11) is 0. The highest BCUT2D eigenvalue weighted by Gasteiger charge is 2.44. The predicted molar refractivity (Wildman–Crippen MR) is 122 cm³/mol. The van der Waals surface area contributed by atoms with E-state index in [1.165, 1.54) is 11.1 Å². The lowest BCUT2D eigenvalue weighted by Crippen LogP contribution is -2.21. The summed E-state index contributed by atoms with van der Waals surface area (Å²) in [6.45, 7) is 8.51. The van der Waals surface area contributed by atoms with Crippen molar-refractivity contribution >= 4 is 17.7 Å². The van der Waals surface area contributed by atoms with Crippen molar-refractivity contribution in [3.63, 3.8) is 0 Å². The first kappa shape index (κ1) is 20.8. The number of hydrogen-bond acceptors (Lipinski definition) is 2. The van der Waals surface area contributed by atoms with Crippen LogP contribution < -0.4 is 5.43 Å². The molecule has 2 aromatic carbocycles. The highest BCUT2D eigenvalue weighted by Crippen LogP contribution is 2.47. The lowest BCUT2D eigenvalue weighted by atomic mass is 9.86. The van der Waals surface area contributed by atoms with E-state index in [2.05, 4.69) is 55.6 Å². The van der Waals surface area contributed by atoms with Crippen molar-refractivity contribution in [1.82, 2.24) is 5.43 Å². The van der Waals surface area contributed by atoms with Gasteiger partial charge < -0.3 is 0 Å². The highest BCUT2D eigenvalue weighted by molar-refractivity contribution is 5.94. The Bertz CT molecular complexity index is 915. The summed E-state index contributed by atoms with van der Waals surface area (Å²) in [4.78, 5) is 12.4. The molecule has 1 amide bonds. The van der Waals surface area contributed by atoms with E-state index in [-0.39, 0.29) is 17.2 Å². The van der Waals surface area contributed by atoms with Crippen molar-refractivity contribution < 1.29 is 4.79 Å². The number of nitrogens with zero attached hydrogens (tertiary/aromatic N) is 1. The maximum Gasteiger partial charge on any atom is 0.243 e. The minimum atomic E-state index is 0.00229. The quantitative estimate of drug-likeness (QED) is 0.378. The Balaban J connectivity index is 1.48. The molecule has 150 valence electrons. The van der Waals surface area contributed by atoms with Gasteiger partial charge in [0.25, 0.3) is 0 Å². The summed E-state index contributed by atoms with van der Waals surface area (Å²) < 4.78 is 0. The summed E-state index contributed by atoms with van der Waals surface area (Å²) in [5, 5.41) is 4.20. The molecule has 29 heavy (non-hydrogen) atoms. The van der Waals surface area contributed by atoms with Gasteiger partial charge in [-0.15, -0.1) is 0 Å². The fraction of sp³-hybridized carbons (Fsp3) is 0.308. The molecule has 1 aliphatic rings. The maximum atomic E-state index is 12.4. The first-order valence-corrected chi connectivity index (χ1v) is 10.2. The van der Waals surface area contributed by atoms with Crippen molar-refractivity contribution in [3.05, 3.63) is 89.5 Å². The Morgan fingerprint density at radius 1 is 1.03 bits per heavy atom. The van der Waals surface area contributed by atoms with Crippen LogP contribution in [0.4, 0.5) is 0 Å². The van der Waals surface area contributed by atoms with Gasteiger partial charge in [-0.3, -0.25) is 4.79 Å². The molecule has 0 heterocycles. The molecule has 0 spiro atoms. The van der Waals surface area contributed by atoms with Crippen LogP contribution in [0.15, 0.2) is 77.9 Å². The molecular weight excluding hydrogens is 356 g/mol. The average molecular weight is 387 g/mol. The standard InChI is InChI=1S/C26H30N2O/c1-19(10-8-9-13-20-11-6-5-7-12-20)27-28-25(29)24-18-23(24)21-14-16-22(17-15-21)26(2,3)4/h5-17,23-24H,18H2,1-4H3,(H,28,29). The van der Waals surface area contributed by atoms with Gasteiger partial charge in [0.15, 0.2) is 0 Å². The second kappa shape index (κ2) is 9.04. The monoisotopic (exact) mass is 386 g/mol. The van der Waals surface area contributed by atoms with Gasteiger partial charge in [-0.1, -0.05) is 93.6 Å². The first-order valence-electron chi connectivity index (χ1n) is 10.2. The molecule has 1 aliphatic carbocycles. The van der Waals surface area contributed by atoms with Crippen LogP contribution in [0, 0.1) is 5.92 Å². The minimum Gasteiger partial charge on any atom is -0.273 e. The molecule has 2 unspecified atom stereocenters. The number of allylic oxidation sites excluding steroid dienone is 3. The topological polar surface area (TPSA) is 41.5 Å². The van der Waals surface area contributed by atoms with Gasteiger partial charge in [0.2, 0.25) is 5.91 Å². The lowest BCUT2D eigenvalue weighted by Gasteiger charge is -2.19. The fourth-order valence-electron chi connectivity index (χ4n) is 3.27. The Labute approximate surface area is 174 Å². The molecular formula is C26H30N2O. The molecule has 1 fully saturated rings. The smallest absolute Gasteiger partial charge is 0.243 e. The van der Waals surface area contributed by atoms with Crippen molar-refractivity contribution in [3.8, 4) is 0 Å². The number of carbonyl (C=O) groups excluding carboxylic acids is 1. The number of carbonyl (C=O) groups is 1. The first-order chi connectivity index (χ1) is 13.8. The third-order valence-corrected chi connectivity index (χ3v) is 5.21. The molecule has 1 saturated carbocycles. The summed E-state index contributed by atoms with van der Waals surface area (Å²) in [6.07, 6.45) is 8.70. The van der Waals surface area contributed by atoms with E-state index >= 15 is 0 Å². The number of hydrogen-bond donors (Lipinski definition) is 1. The number of nitrogens with one attached hydrogen (secondary N) is 1. The van der Waals surface area contributed by atoms with Crippen LogP contribution >= 0.6 is 0 Å². The van der Waals surface area contributed by atoms with Gasteiger partial charge in [0, 0.05) is 5.92 Å². The molecule has 2 atom stereocenters.